The van der Waals surface area contributed by atoms with E-state index in [0.717, 1.165) is 12.8 Å². The van der Waals surface area contributed by atoms with Crippen LogP contribution in [0.5, 0.6) is 0 Å². The Bertz CT molecular complexity index is 208. The zero-order valence-electron chi connectivity index (χ0n) is 11.4. The third-order valence-corrected chi connectivity index (χ3v) is 2.48. The van der Waals surface area contributed by atoms with Gasteiger partial charge in [-0.25, -0.2) is 0 Å². The molecule has 102 valence electrons. The van der Waals surface area contributed by atoms with Gasteiger partial charge in [0.15, 0.2) is 0 Å². The monoisotopic (exact) mass is 309 g/mol. The van der Waals surface area contributed by atoms with Crippen molar-refractivity contribution in [3.05, 3.63) is 10.1 Å². The van der Waals surface area contributed by atoms with E-state index in [0.29, 0.717) is 0 Å². The first-order chi connectivity index (χ1) is 8.50. The van der Waals surface area contributed by atoms with Crippen LogP contribution in [-0.2, 0) is 23.3 Å². The fourth-order valence-electron chi connectivity index (χ4n) is 1.58. The number of carboxylic acids is 1. The fourth-order valence-corrected chi connectivity index (χ4v) is 1.58. The summed E-state index contributed by atoms with van der Waals surface area (Å²) in [6.07, 6.45) is 11.2. The van der Waals surface area contributed by atoms with E-state index in [-0.39, 0.29) is 28.6 Å². The van der Waals surface area contributed by atoms with E-state index < -0.39 is 5.97 Å². The van der Waals surface area contributed by atoms with E-state index in [1.54, 1.807) is 0 Å². The summed E-state index contributed by atoms with van der Waals surface area (Å²) in [6, 6.07) is 0. The minimum absolute atomic E-state index is 0.153. The summed E-state index contributed by atoms with van der Waals surface area (Å²) in [5, 5.41) is 19.0. The van der Waals surface area contributed by atoms with Crippen LogP contribution in [0.15, 0.2) is 0 Å². The summed E-state index contributed by atoms with van der Waals surface area (Å²) in [4.78, 5) is 19.0. The number of hydrogen-bond acceptors (Lipinski definition) is 4. The second kappa shape index (κ2) is 16.5. The Kier molecular flexibility index (Phi) is 18.2. The van der Waals surface area contributed by atoms with Gasteiger partial charge in [-0.2, -0.15) is 0 Å². The zero-order valence-corrected chi connectivity index (χ0v) is 14.3. The van der Waals surface area contributed by atoms with Crippen molar-refractivity contribution in [1.82, 2.24) is 0 Å². The Balaban J connectivity index is 0. The first-order valence-electron chi connectivity index (χ1n) is 6.65. The molecule has 0 aromatic heterocycles. The van der Waals surface area contributed by atoms with E-state index in [9.17, 15) is 9.90 Å². The van der Waals surface area contributed by atoms with E-state index in [1.807, 2.05) is 0 Å². The molecule has 0 rings (SSSR count). The maximum absolute atomic E-state index is 10.1. The van der Waals surface area contributed by atoms with E-state index in [1.165, 1.54) is 44.9 Å². The predicted octanol–water partition coefficient (Wildman–Crippen LogP) is 2.38. The van der Waals surface area contributed by atoms with Gasteiger partial charge in [-0.15, -0.1) is 0 Å². The first kappa shape index (κ1) is 19.8. The molecule has 0 aliphatic heterocycles. The van der Waals surface area contributed by atoms with Crippen LogP contribution in [0, 0.1) is 10.1 Å². The van der Waals surface area contributed by atoms with Gasteiger partial charge in [-0.3, -0.25) is 0 Å². The molecule has 5 nitrogen and oxygen atoms in total. The normalized spacial score (nSPS) is 9.50. The van der Waals surface area contributed by atoms with Gasteiger partial charge >= 0.3 is 32.3 Å². The summed E-state index contributed by atoms with van der Waals surface area (Å²) in [5.74, 6) is -0.909. The number of nitrogens with zero attached hydrogens (tertiary/aromatic N) is 1. The quantitative estimate of drug-likeness (QED) is 0.268. The second-order valence-corrected chi connectivity index (χ2v) is 5.37. The summed E-state index contributed by atoms with van der Waals surface area (Å²) < 4.78 is -0.375. The molecule has 0 aliphatic rings. The Morgan fingerprint density at radius 1 is 1.00 bits per heavy atom. The molecular weight excluding hydrogens is 288 g/mol. The average molecular weight is 311 g/mol. The number of nitro groups is 1. The van der Waals surface area contributed by atoms with Gasteiger partial charge in [-0.1, -0.05) is 58.3 Å². The van der Waals surface area contributed by atoms with Gasteiger partial charge in [0.1, 0.15) is 0 Å². The second-order valence-electron chi connectivity index (χ2n) is 4.28. The molecule has 18 heavy (non-hydrogen) atoms. The molecule has 0 aromatic rings. The number of carboxylic acid groups (broad SMARTS) is 1. The van der Waals surface area contributed by atoms with Gasteiger partial charge < -0.3 is 9.90 Å². The van der Waals surface area contributed by atoms with E-state index in [4.69, 9.17) is 10.1 Å². The van der Waals surface area contributed by atoms with Crippen LogP contribution in [0.3, 0.4) is 0 Å². The molecular formula is C12H23NO4Zn. The number of aliphatic carboxylic acids is 1. The molecule has 0 radical (unpaired) electrons. The van der Waals surface area contributed by atoms with E-state index >= 15 is 0 Å². The van der Waals surface area contributed by atoms with Gasteiger partial charge in [0.25, 0.3) is 0 Å². The van der Waals surface area contributed by atoms with Gasteiger partial charge in [0.05, 0.1) is 0 Å². The molecule has 0 amide bonds. The molecule has 0 saturated heterocycles. The van der Waals surface area contributed by atoms with E-state index in [2.05, 4.69) is 6.92 Å². The van der Waals surface area contributed by atoms with Crippen molar-refractivity contribution >= 4 is 5.97 Å². The molecule has 0 N–H and O–H groups in total. The number of carbonyl (C=O) groups excluding carboxylic acids is 1. The number of carbonyl (C=O) groups is 1. The standard InChI is InChI=1S/C12H24O2.NO2.Zn/c1-2-3-4-5-6-7-8-9-10-11-12(13)14;2-1-3;/h2-11H2,1H3,(H,13,14);;/q;;+1/p-1. The first-order valence-corrected chi connectivity index (χ1v) is 7.98. The molecule has 0 fully saturated rings. The molecule has 0 heterocycles. The molecule has 6 heteroatoms. The van der Waals surface area contributed by atoms with Crippen LogP contribution in [0.4, 0.5) is 0 Å². The zero-order chi connectivity index (χ0) is 14.2. The van der Waals surface area contributed by atoms with Crippen LogP contribution in [-0.4, -0.2) is 9.64 Å². The predicted molar refractivity (Wildman–Crippen MR) is 63.8 cm³/mol. The van der Waals surface area contributed by atoms with Crippen molar-refractivity contribution in [2.45, 2.75) is 71.1 Å². The summed E-state index contributed by atoms with van der Waals surface area (Å²) in [7, 11) is 0. The maximum atomic E-state index is 10.1. The van der Waals surface area contributed by atoms with Crippen LogP contribution in [0.2, 0.25) is 0 Å². The fraction of sp³-hybridized carbons (Fsp3) is 0.917. The molecule has 0 aliphatic carbocycles. The van der Waals surface area contributed by atoms with Crippen LogP contribution < -0.4 is 5.11 Å². The summed E-state index contributed by atoms with van der Waals surface area (Å²) in [6.45, 7) is 2.22. The van der Waals surface area contributed by atoms with Crippen LogP contribution >= 0.6 is 0 Å². The van der Waals surface area contributed by atoms with Gasteiger partial charge in [-0.05, 0) is 12.8 Å². The van der Waals surface area contributed by atoms with Crippen molar-refractivity contribution in [2.75, 3.05) is 0 Å². The van der Waals surface area contributed by atoms with Crippen molar-refractivity contribution in [2.24, 2.45) is 0 Å². The van der Waals surface area contributed by atoms with Crippen molar-refractivity contribution < 1.29 is 32.1 Å². The van der Waals surface area contributed by atoms with Crippen LogP contribution in [0.25, 0.3) is 0 Å². The third kappa shape index (κ3) is 29.6. The molecule has 0 bridgehead atoms. The average Bonchev–Trinajstić information content (AvgIpc) is 2.26. The number of hydrogen-bond donors (Lipinski definition) is 0. The topological polar surface area (TPSA) is 83.3 Å². The molecule has 0 aromatic carbocycles. The SMILES string of the molecule is CCCCCCCCCCCC(=O)[O-].O=[N+]([O-])[Zn+]. The molecule has 0 unspecified atom stereocenters. The summed E-state index contributed by atoms with van der Waals surface area (Å²) >= 11 is 0.153. The Hall–Kier alpha value is -0.507. The van der Waals surface area contributed by atoms with Crippen LogP contribution in [0.1, 0.15) is 71.1 Å². The molecule has 0 spiro atoms. The van der Waals surface area contributed by atoms with Gasteiger partial charge in [0.2, 0.25) is 0 Å². The van der Waals surface area contributed by atoms with Crippen molar-refractivity contribution in [1.29, 1.82) is 0 Å². The van der Waals surface area contributed by atoms with Crippen molar-refractivity contribution in [3.8, 4) is 0 Å². The molecule has 0 saturated carbocycles. The third-order valence-electron chi connectivity index (χ3n) is 2.48. The Labute approximate surface area is 119 Å². The Morgan fingerprint density at radius 3 is 1.67 bits per heavy atom. The number of rotatable bonds is 10. The minimum atomic E-state index is -0.909. The Morgan fingerprint density at radius 2 is 1.33 bits per heavy atom. The van der Waals surface area contributed by atoms with Gasteiger partial charge in [0, 0.05) is 5.97 Å². The molecule has 0 atom stereocenters. The van der Waals surface area contributed by atoms with Crippen molar-refractivity contribution in [3.63, 3.8) is 0 Å². The summed E-state index contributed by atoms with van der Waals surface area (Å²) in [5.41, 5.74) is 0. The number of unbranched alkanes of at least 4 members (excludes halogenated alkanes) is 8.